The number of nitrogens with zero attached hydrogens (tertiary/aromatic N) is 2. The van der Waals surface area contributed by atoms with Crippen LogP contribution in [0.25, 0.3) is 0 Å². The number of rotatable bonds is 6. The smallest absolute Gasteiger partial charge is 0.356 e. The zero-order valence-electron chi connectivity index (χ0n) is 13.9. The molecule has 1 aromatic carbocycles. The number of aryl methyl sites for hydroxylation is 2. The van der Waals surface area contributed by atoms with Crippen LogP contribution >= 0.6 is 0 Å². The fraction of sp³-hybridized carbons (Fsp3) is 0.444. The third kappa shape index (κ3) is 4.21. The van der Waals surface area contributed by atoms with E-state index in [0.717, 1.165) is 12.5 Å². The molecule has 7 heteroatoms. The summed E-state index contributed by atoms with van der Waals surface area (Å²) in [5, 5.41) is 6.44. The highest BCUT2D eigenvalue weighted by atomic mass is 19.4. The van der Waals surface area contributed by atoms with E-state index in [9.17, 15) is 18.0 Å². The number of halogens is 3. The lowest BCUT2D eigenvalue weighted by Crippen LogP contribution is -2.27. The van der Waals surface area contributed by atoms with Crippen LogP contribution in [-0.2, 0) is 17.5 Å². The van der Waals surface area contributed by atoms with Gasteiger partial charge in [-0.15, -0.1) is 0 Å². The molecule has 1 aromatic heterocycles. The third-order valence-corrected chi connectivity index (χ3v) is 4.47. The number of nitrogens with one attached hydrogen (secondary N) is 1. The van der Waals surface area contributed by atoms with E-state index in [1.165, 1.54) is 10.2 Å². The predicted octanol–water partition coefficient (Wildman–Crippen LogP) is 3.52. The third-order valence-electron chi connectivity index (χ3n) is 4.47. The van der Waals surface area contributed by atoms with E-state index in [1.54, 1.807) is 6.92 Å². The Morgan fingerprint density at radius 3 is 2.68 bits per heavy atom. The summed E-state index contributed by atoms with van der Waals surface area (Å²) in [5.74, 6) is 0.302. The van der Waals surface area contributed by atoms with E-state index in [0.29, 0.717) is 25.2 Å². The highest BCUT2D eigenvalue weighted by Gasteiger charge is 2.43. The Labute approximate surface area is 144 Å². The van der Waals surface area contributed by atoms with Gasteiger partial charge in [0.15, 0.2) is 5.69 Å². The molecule has 0 aliphatic heterocycles. The Kier molecular flexibility index (Phi) is 4.83. The second-order valence-corrected chi connectivity index (χ2v) is 6.40. The van der Waals surface area contributed by atoms with Crippen molar-refractivity contribution < 1.29 is 18.0 Å². The topological polar surface area (TPSA) is 46.9 Å². The Hall–Kier alpha value is -2.31. The van der Waals surface area contributed by atoms with Gasteiger partial charge in [0, 0.05) is 24.7 Å². The molecule has 2 aromatic rings. The largest absolute Gasteiger partial charge is 0.435 e. The van der Waals surface area contributed by atoms with Crippen LogP contribution < -0.4 is 5.32 Å². The van der Waals surface area contributed by atoms with Gasteiger partial charge in [0.05, 0.1) is 0 Å². The van der Waals surface area contributed by atoms with E-state index in [2.05, 4.69) is 10.4 Å². The van der Waals surface area contributed by atoms with Crippen molar-refractivity contribution in [3.63, 3.8) is 0 Å². The van der Waals surface area contributed by atoms with E-state index in [-0.39, 0.29) is 17.7 Å². The van der Waals surface area contributed by atoms with Crippen LogP contribution in [-0.4, -0.2) is 22.2 Å². The van der Waals surface area contributed by atoms with Crippen molar-refractivity contribution >= 4 is 5.91 Å². The molecule has 1 fully saturated rings. The van der Waals surface area contributed by atoms with Crippen molar-refractivity contribution in [2.75, 3.05) is 6.54 Å². The summed E-state index contributed by atoms with van der Waals surface area (Å²) in [6.45, 7) is 2.36. The Balaban J connectivity index is 1.42. The lowest BCUT2D eigenvalue weighted by molar-refractivity contribution is -0.141. The fourth-order valence-corrected chi connectivity index (χ4v) is 3.00. The Morgan fingerprint density at radius 1 is 1.32 bits per heavy atom. The van der Waals surface area contributed by atoms with E-state index in [4.69, 9.17) is 0 Å². The zero-order valence-corrected chi connectivity index (χ0v) is 13.9. The second-order valence-electron chi connectivity index (χ2n) is 6.40. The summed E-state index contributed by atoms with van der Waals surface area (Å²) in [5.41, 5.74) is 0.761. The van der Waals surface area contributed by atoms with E-state index >= 15 is 0 Å². The van der Waals surface area contributed by atoms with Gasteiger partial charge in [0.2, 0.25) is 5.91 Å². The molecule has 25 heavy (non-hydrogen) atoms. The Morgan fingerprint density at radius 2 is 2.04 bits per heavy atom. The van der Waals surface area contributed by atoms with Crippen LogP contribution in [0.3, 0.4) is 0 Å². The first-order chi connectivity index (χ1) is 11.9. The van der Waals surface area contributed by atoms with Gasteiger partial charge in [-0.3, -0.25) is 9.48 Å². The van der Waals surface area contributed by atoms with Gasteiger partial charge in [0.1, 0.15) is 0 Å². The molecule has 1 amide bonds. The first-order valence-corrected chi connectivity index (χ1v) is 8.30. The van der Waals surface area contributed by atoms with Crippen molar-refractivity contribution in [3.05, 3.63) is 53.3 Å². The first kappa shape index (κ1) is 17.5. The van der Waals surface area contributed by atoms with Gasteiger partial charge in [-0.05, 0) is 37.3 Å². The number of alkyl halides is 3. The average Bonchev–Trinajstić information content (AvgIpc) is 3.28. The van der Waals surface area contributed by atoms with E-state index < -0.39 is 11.9 Å². The van der Waals surface area contributed by atoms with Crippen LogP contribution in [0.15, 0.2) is 36.4 Å². The number of carbonyl (C=O) groups is 1. The summed E-state index contributed by atoms with van der Waals surface area (Å²) in [6, 6.07) is 11.0. The maximum atomic E-state index is 12.6. The number of benzene rings is 1. The predicted molar refractivity (Wildman–Crippen MR) is 86.9 cm³/mol. The maximum Gasteiger partial charge on any atom is 0.435 e. The normalized spacial score (nSPS) is 19.7. The lowest BCUT2D eigenvalue weighted by Gasteiger charge is -2.07. The summed E-state index contributed by atoms with van der Waals surface area (Å²) in [6.07, 6.45) is -3.04. The van der Waals surface area contributed by atoms with Crippen molar-refractivity contribution in [2.24, 2.45) is 5.92 Å². The van der Waals surface area contributed by atoms with Gasteiger partial charge in [-0.25, -0.2) is 0 Å². The summed E-state index contributed by atoms with van der Waals surface area (Å²) >= 11 is 0. The molecule has 1 saturated carbocycles. The van der Waals surface area contributed by atoms with Crippen LogP contribution in [0.4, 0.5) is 13.2 Å². The first-order valence-electron chi connectivity index (χ1n) is 8.30. The number of hydrogen-bond acceptors (Lipinski definition) is 2. The van der Waals surface area contributed by atoms with Crippen molar-refractivity contribution in [3.8, 4) is 0 Å². The minimum absolute atomic E-state index is 0.00525. The molecule has 1 aliphatic rings. The summed E-state index contributed by atoms with van der Waals surface area (Å²) in [7, 11) is 0. The molecule has 1 aliphatic carbocycles. The number of aromatic nitrogens is 2. The number of amides is 1. The molecule has 0 spiro atoms. The quantitative estimate of drug-likeness (QED) is 0.810. The lowest BCUT2D eigenvalue weighted by atomic mass is 10.1. The van der Waals surface area contributed by atoms with Crippen molar-refractivity contribution in [1.82, 2.24) is 15.1 Å². The standard InChI is InChI=1S/C18H20F3N3O/c1-12-10-16(18(19,20)21)23-24(12)9-5-8-22-17(25)15-11-14(15)13-6-3-2-4-7-13/h2-4,6-7,10,14-15H,5,8-9,11H2,1H3,(H,22,25). The summed E-state index contributed by atoms with van der Waals surface area (Å²) in [4.78, 5) is 12.1. The van der Waals surface area contributed by atoms with Crippen molar-refractivity contribution in [2.45, 2.75) is 38.4 Å². The molecule has 1 N–H and O–H groups in total. The fourth-order valence-electron chi connectivity index (χ4n) is 3.00. The van der Waals surface area contributed by atoms with Crippen molar-refractivity contribution in [1.29, 1.82) is 0 Å². The maximum absolute atomic E-state index is 12.6. The van der Waals surface area contributed by atoms with Gasteiger partial charge >= 0.3 is 6.18 Å². The molecule has 0 radical (unpaired) electrons. The molecule has 2 unspecified atom stereocenters. The van der Waals surface area contributed by atoms with Gasteiger partial charge in [-0.2, -0.15) is 18.3 Å². The highest BCUT2D eigenvalue weighted by molar-refractivity contribution is 5.82. The molecule has 4 nitrogen and oxygen atoms in total. The molecule has 134 valence electrons. The SMILES string of the molecule is Cc1cc(C(F)(F)F)nn1CCCNC(=O)C1CC1c1ccccc1. The van der Waals surface area contributed by atoms with Crippen LogP contribution in [0.2, 0.25) is 0 Å². The highest BCUT2D eigenvalue weighted by Crippen LogP contribution is 2.47. The minimum Gasteiger partial charge on any atom is -0.356 e. The monoisotopic (exact) mass is 351 g/mol. The molecule has 0 saturated heterocycles. The van der Waals surface area contributed by atoms with Gasteiger partial charge < -0.3 is 5.32 Å². The van der Waals surface area contributed by atoms with E-state index in [1.807, 2.05) is 30.3 Å². The second kappa shape index (κ2) is 6.90. The number of carbonyl (C=O) groups excluding carboxylic acids is 1. The molecule has 3 rings (SSSR count). The van der Waals surface area contributed by atoms with Gasteiger partial charge in [0.25, 0.3) is 0 Å². The zero-order chi connectivity index (χ0) is 18.0. The Bertz CT molecular complexity index is 740. The molecular weight excluding hydrogens is 331 g/mol. The molecule has 1 heterocycles. The average molecular weight is 351 g/mol. The minimum atomic E-state index is -4.43. The number of hydrogen-bond donors (Lipinski definition) is 1. The van der Waals surface area contributed by atoms with Gasteiger partial charge in [-0.1, -0.05) is 30.3 Å². The van der Waals surface area contributed by atoms with Crippen LogP contribution in [0.1, 0.15) is 35.7 Å². The molecule has 2 atom stereocenters. The summed E-state index contributed by atoms with van der Waals surface area (Å²) < 4.78 is 39.2. The van der Waals surface area contributed by atoms with Crippen LogP contribution in [0, 0.1) is 12.8 Å². The molecular formula is C18H20F3N3O. The molecule has 0 bridgehead atoms. The van der Waals surface area contributed by atoms with Crippen LogP contribution in [0.5, 0.6) is 0 Å².